The van der Waals surface area contributed by atoms with Gasteiger partial charge in [-0.15, -0.1) is 12.4 Å². The highest BCUT2D eigenvalue weighted by molar-refractivity contribution is 5.85. The number of halogens is 1. The first-order valence-corrected chi connectivity index (χ1v) is 4.81. The molecular formula is C9H18ClNO4. The fourth-order valence-corrected chi connectivity index (χ4v) is 2.02. The van der Waals surface area contributed by atoms with Gasteiger partial charge in [0.2, 0.25) is 0 Å². The van der Waals surface area contributed by atoms with Gasteiger partial charge in [0, 0.05) is 13.7 Å². The van der Waals surface area contributed by atoms with Gasteiger partial charge in [0.1, 0.15) is 18.3 Å². The molecule has 0 unspecified atom stereocenters. The van der Waals surface area contributed by atoms with Crippen LogP contribution in [-0.2, 0) is 18.9 Å². The lowest BCUT2D eigenvalue weighted by Gasteiger charge is -2.22. The highest BCUT2D eigenvalue weighted by Gasteiger charge is 2.54. The largest absolute Gasteiger partial charge is 0.353 e. The molecule has 2 heterocycles. The predicted molar refractivity (Wildman–Crippen MR) is 55.8 cm³/mol. The van der Waals surface area contributed by atoms with Gasteiger partial charge in [-0.3, -0.25) is 0 Å². The Labute approximate surface area is 95.6 Å². The van der Waals surface area contributed by atoms with E-state index in [0.29, 0.717) is 6.54 Å². The molecule has 0 spiro atoms. The van der Waals surface area contributed by atoms with Gasteiger partial charge in [0.15, 0.2) is 12.1 Å². The minimum Gasteiger partial charge on any atom is -0.353 e. The van der Waals surface area contributed by atoms with E-state index in [-0.39, 0.29) is 37.0 Å². The van der Waals surface area contributed by atoms with Crippen molar-refractivity contribution < 1.29 is 18.9 Å². The molecule has 6 heteroatoms. The molecule has 0 radical (unpaired) electrons. The summed E-state index contributed by atoms with van der Waals surface area (Å²) in [6, 6.07) is 0. The van der Waals surface area contributed by atoms with Crippen molar-refractivity contribution >= 4 is 12.4 Å². The van der Waals surface area contributed by atoms with Crippen LogP contribution in [0.5, 0.6) is 0 Å². The fourth-order valence-electron chi connectivity index (χ4n) is 2.02. The highest BCUT2D eigenvalue weighted by atomic mass is 35.5. The smallest absolute Gasteiger partial charge is 0.186 e. The molecule has 90 valence electrons. The molecule has 0 aromatic carbocycles. The molecule has 0 amide bonds. The molecule has 2 aliphatic heterocycles. The van der Waals surface area contributed by atoms with Crippen molar-refractivity contribution in [1.82, 2.24) is 0 Å². The molecule has 0 aromatic heterocycles. The first-order chi connectivity index (χ1) is 6.57. The Morgan fingerprint density at radius 1 is 1.27 bits per heavy atom. The number of hydrogen-bond acceptors (Lipinski definition) is 5. The maximum atomic E-state index is 5.70. The summed E-state index contributed by atoms with van der Waals surface area (Å²) < 4.78 is 22.1. The molecule has 15 heavy (non-hydrogen) atoms. The predicted octanol–water partition coefficient (Wildman–Crippen LogP) is 0.258. The summed E-state index contributed by atoms with van der Waals surface area (Å²) >= 11 is 0. The average Bonchev–Trinajstić information content (AvgIpc) is 2.57. The van der Waals surface area contributed by atoms with Crippen LogP contribution in [0, 0.1) is 0 Å². The van der Waals surface area contributed by atoms with Gasteiger partial charge in [0.05, 0.1) is 0 Å². The van der Waals surface area contributed by atoms with E-state index in [1.54, 1.807) is 7.11 Å². The molecule has 2 fully saturated rings. The van der Waals surface area contributed by atoms with Crippen molar-refractivity contribution in [3.8, 4) is 0 Å². The maximum absolute atomic E-state index is 5.70. The van der Waals surface area contributed by atoms with Crippen molar-refractivity contribution in [3.63, 3.8) is 0 Å². The highest BCUT2D eigenvalue weighted by Crippen LogP contribution is 2.38. The Kier molecular flexibility index (Phi) is 3.97. The zero-order valence-corrected chi connectivity index (χ0v) is 9.95. The van der Waals surface area contributed by atoms with Crippen LogP contribution in [0.2, 0.25) is 0 Å². The molecule has 2 aliphatic rings. The summed E-state index contributed by atoms with van der Waals surface area (Å²) in [6.07, 6.45) is -0.773. The normalized spacial score (nSPS) is 42.4. The lowest BCUT2D eigenvalue weighted by molar-refractivity contribution is -0.225. The molecule has 2 saturated heterocycles. The van der Waals surface area contributed by atoms with Crippen LogP contribution in [0.3, 0.4) is 0 Å². The standard InChI is InChI=1S/C9H17NO4.ClH/c1-9(2)13-6-5(4-10)12-8(11-3)7(6)14-9;/h5-8H,4,10H2,1-3H3;1H/t5-,6-,7-,8-;/m1./s1. The van der Waals surface area contributed by atoms with Gasteiger partial charge in [-0.05, 0) is 13.8 Å². The number of nitrogens with two attached hydrogens (primary N) is 1. The second-order valence-electron chi connectivity index (χ2n) is 4.08. The van der Waals surface area contributed by atoms with E-state index in [4.69, 9.17) is 24.7 Å². The van der Waals surface area contributed by atoms with E-state index in [1.807, 2.05) is 13.8 Å². The minimum atomic E-state index is -0.566. The number of ether oxygens (including phenoxy) is 4. The summed E-state index contributed by atoms with van der Waals surface area (Å²) in [5.41, 5.74) is 5.58. The Balaban J connectivity index is 0.00000112. The van der Waals surface area contributed by atoms with E-state index in [1.165, 1.54) is 0 Å². The lowest BCUT2D eigenvalue weighted by Crippen LogP contribution is -2.34. The molecule has 4 atom stereocenters. The molecule has 0 saturated carbocycles. The van der Waals surface area contributed by atoms with Crippen LogP contribution in [-0.4, -0.2) is 44.0 Å². The third-order valence-electron chi connectivity index (χ3n) is 2.57. The summed E-state index contributed by atoms with van der Waals surface area (Å²) in [5, 5.41) is 0. The molecule has 5 nitrogen and oxygen atoms in total. The third kappa shape index (κ3) is 2.27. The van der Waals surface area contributed by atoms with Crippen molar-refractivity contribution in [1.29, 1.82) is 0 Å². The summed E-state index contributed by atoms with van der Waals surface area (Å²) in [7, 11) is 1.59. The number of rotatable bonds is 2. The average molecular weight is 240 g/mol. The van der Waals surface area contributed by atoms with Gasteiger partial charge in [0.25, 0.3) is 0 Å². The Hall–Kier alpha value is 0.0900. The molecule has 2 N–H and O–H groups in total. The SMILES string of the molecule is CO[C@@H]1O[C@H](CN)[C@H]2OC(C)(C)O[C@@H]12.Cl. The number of methoxy groups -OCH3 is 1. The van der Waals surface area contributed by atoms with Crippen molar-refractivity contribution in [2.24, 2.45) is 5.73 Å². The summed E-state index contributed by atoms with van der Waals surface area (Å²) in [6.45, 7) is 4.18. The van der Waals surface area contributed by atoms with E-state index in [0.717, 1.165) is 0 Å². The van der Waals surface area contributed by atoms with Crippen LogP contribution in [0.4, 0.5) is 0 Å². The number of fused-ring (bicyclic) bond motifs is 1. The Morgan fingerprint density at radius 3 is 2.40 bits per heavy atom. The molecule has 2 rings (SSSR count). The van der Waals surface area contributed by atoms with Crippen LogP contribution in [0.1, 0.15) is 13.8 Å². The van der Waals surface area contributed by atoms with E-state index < -0.39 is 5.79 Å². The van der Waals surface area contributed by atoms with Gasteiger partial charge in [-0.2, -0.15) is 0 Å². The molecule has 0 bridgehead atoms. The van der Waals surface area contributed by atoms with Crippen LogP contribution < -0.4 is 5.73 Å². The van der Waals surface area contributed by atoms with Gasteiger partial charge in [-0.25, -0.2) is 0 Å². The second-order valence-corrected chi connectivity index (χ2v) is 4.08. The quantitative estimate of drug-likeness (QED) is 0.749. The Morgan fingerprint density at radius 2 is 1.87 bits per heavy atom. The van der Waals surface area contributed by atoms with Crippen LogP contribution in [0.25, 0.3) is 0 Å². The monoisotopic (exact) mass is 239 g/mol. The Bertz CT molecular complexity index is 206. The zero-order valence-electron chi connectivity index (χ0n) is 9.14. The topological polar surface area (TPSA) is 62.9 Å². The summed E-state index contributed by atoms with van der Waals surface area (Å²) in [5.74, 6) is -0.566. The van der Waals surface area contributed by atoms with Crippen molar-refractivity contribution in [2.75, 3.05) is 13.7 Å². The summed E-state index contributed by atoms with van der Waals surface area (Å²) in [4.78, 5) is 0. The first-order valence-electron chi connectivity index (χ1n) is 4.81. The molecule has 0 aromatic rings. The van der Waals surface area contributed by atoms with Gasteiger partial charge in [-0.1, -0.05) is 0 Å². The van der Waals surface area contributed by atoms with Crippen molar-refractivity contribution in [2.45, 2.75) is 44.2 Å². The van der Waals surface area contributed by atoms with Crippen LogP contribution >= 0.6 is 12.4 Å². The lowest BCUT2D eigenvalue weighted by atomic mass is 10.1. The molecule has 0 aliphatic carbocycles. The van der Waals surface area contributed by atoms with E-state index >= 15 is 0 Å². The van der Waals surface area contributed by atoms with Gasteiger partial charge >= 0.3 is 0 Å². The first kappa shape index (κ1) is 13.2. The van der Waals surface area contributed by atoms with E-state index in [9.17, 15) is 0 Å². The van der Waals surface area contributed by atoms with Gasteiger partial charge < -0.3 is 24.7 Å². The van der Waals surface area contributed by atoms with E-state index in [2.05, 4.69) is 0 Å². The van der Waals surface area contributed by atoms with Crippen molar-refractivity contribution in [3.05, 3.63) is 0 Å². The minimum absolute atomic E-state index is 0. The van der Waals surface area contributed by atoms with Crippen LogP contribution in [0.15, 0.2) is 0 Å². The number of hydrogen-bond donors (Lipinski definition) is 1. The third-order valence-corrected chi connectivity index (χ3v) is 2.57. The second kappa shape index (κ2) is 4.53. The maximum Gasteiger partial charge on any atom is 0.186 e. The fraction of sp³-hybridized carbons (Fsp3) is 1.00. The molecular weight excluding hydrogens is 222 g/mol. The zero-order chi connectivity index (χ0) is 10.3.